The van der Waals surface area contributed by atoms with Crippen LogP contribution in [-0.2, 0) is 17.9 Å². The lowest BCUT2D eigenvalue weighted by molar-refractivity contribution is -0.0586. The molecule has 0 spiro atoms. The number of nitrogens with zero attached hydrogens (tertiary/aromatic N) is 1. The number of hydrogen-bond donors (Lipinski definition) is 1. The second-order valence-electron chi connectivity index (χ2n) is 8.65. The highest BCUT2D eigenvalue weighted by Gasteiger charge is 2.26. The first-order chi connectivity index (χ1) is 16.5. The van der Waals surface area contributed by atoms with Crippen LogP contribution < -0.4 is 10.1 Å². The summed E-state index contributed by atoms with van der Waals surface area (Å²) in [6.07, 6.45) is 0.0679. The van der Waals surface area contributed by atoms with Gasteiger partial charge in [-0.1, -0.05) is 42.5 Å². The van der Waals surface area contributed by atoms with Gasteiger partial charge in [-0.15, -0.1) is 0 Å². The molecule has 0 aromatic heterocycles. The molecule has 4 rings (SSSR count). The molecule has 2 amide bonds. The molecule has 6 nitrogen and oxygen atoms in total. The van der Waals surface area contributed by atoms with E-state index in [1.165, 1.54) is 0 Å². The minimum absolute atomic E-state index is 0.00663. The number of nitrogens with one attached hydrogen (secondary N) is 1. The van der Waals surface area contributed by atoms with Crippen molar-refractivity contribution in [3.05, 3.63) is 101 Å². The van der Waals surface area contributed by atoms with Crippen molar-refractivity contribution in [2.24, 2.45) is 0 Å². The topological polar surface area (TPSA) is 67.9 Å². The minimum Gasteiger partial charge on any atom is -0.489 e. The Morgan fingerprint density at radius 1 is 0.853 bits per heavy atom. The van der Waals surface area contributed by atoms with E-state index in [1.807, 2.05) is 73.3 Å². The van der Waals surface area contributed by atoms with Crippen LogP contribution in [0.25, 0.3) is 0 Å². The number of carbonyl (C=O) groups excluding carboxylic acids is 2. The Kier molecular flexibility index (Phi) is 7.60. The fourth-order valence-corrected chi connectivity index (χ4v) is 4.02. The molecular formula is C28H30N2O4. The predicted octanol–water partition coefficient (Wildman–Crippen LogP) is 4.45. The van der Waals surface area contributed by atoms with E-state index in [0.717, 1.165) is 11.1 Å². The quantitative estimate of drug-likeness (QED) is 0.568. The molecule has 176 valence electrons. The van der Waals surface area contributed by atoms with Crippen LogP contribution in [-0.4, -0.2) is 42.0 Å². The first kappa shape index (κ1) is 23.5. The second-order valence-corrected chi connectivity index (χ2v) is 8.65. The maximum Gasteiger partial charge on any atom is 0.254 e. The Morgan fingerprint density at radius 3 is 2.12 bits per heavy atom. The van der Waals surface area contributed by atoms with Gasteiger partial charge in [0, 0.05) is 30.8 Å². The second kappa shape index (κ2) is 11.0. The Bertz CT molecular complexity index is 1090. The van der Waals surface area contributed by atoms with Crippen molar-refractivity contribution in [3.8, 4) is 5.75 Å². The van der Waals surface area contributed by atoms with Crippen molar-refractivity contribution >= 4 is 11.8 Å². The first-order valence-electron chi connectivity index (χ1n) is 11.6. The van der Waals surface area contributed by atoms with Crippen LogP contribution in [0.3, 0.4) is 0 Å². The summed E-state index contributed by atoms with van der Waals surface area (Å²) in [5.74, 6) is 0.558. The molecule has 1 saturated heterocycles. The molecule has 6 heteroatoms. The number of benzene rings is 3. The smallest absolute Gasteiger partial charge is 0.254 e. The maximum absolute atomic E-state index is 12.8. The van der Waals surface area contributed by atoms with Gasteiger partial charge in [-0.3, -0.25) is 9.59 Å². The van der Waals surface area contributed by atoms with Gasteiger partial charge in [0.1, 0.15) is 12.4 Å². The number of ether oxygens (including phenoxy) is 2. The normalized spacial score (nSPS) is 17.8. The molecule has 0 saturated carbocycles. The van der Waals surface area contributed by atoms with Gasteiger partial charge < -0.3 is 19.7 Å². The number of amides is 2. The van der Waals surface area contributed by atoms with Crippen LogP contribution in [0.4, 0.5) is 0 Å². The molecule has 1 aliphatic rings. The van der Waals surface area contributed by atoms with Gasteiger partial charge in [-0.25, -0.2) is 0 Å². The van der Waals surface area contributed by atoms with Crippen LogP contribution in [0.5, 0.6) is 5.75 Å². The average molecular weight is 459 g/mol. The van der Waals surface area contributed by atoms with Crippen molar-refractivity contribution in [2.75, 3.05) is 13.1 Å². The zero-order valence-corrected chi connectivity index (χ0v) is 19.6. The summed E-state index contributed by atoms with van der Waals surface area (Å²) in [6, 6.07) is 24.4. The number of morpholine rings is 1. The third kappa shape index (κ3) is 6.23. The predicted molar refractivity (Wildman–Crippen MR) is 131 cm³/mol. The van der Waals surface area contributed by atoms with Crippen molar-refractivity contribution < 1.29 is 19.1 Å². The van der Waals surface area contributed by atoms with Gasteiger partial charge in [-0.05, 0) is 61.4 Å². The molecule has 3 aromatic carbocycles. The Hall–Kier alpha value is -3.64. The van der Waals surface area contributed by atoms with E-state index < -0.39 is 0 Å². The third-order valence-corrected chi connectivity index (χ3v) is 5.73. The van der Waals surface area contributed by atoms with E-state index in [-0.39, 0.29) is 24.0 Å². The maximum atomic E-state index is 12.8. The molecule has 1 fully saturated rings. The van der Waals surface area contributed by atoms with Crippen molar-refractivity contribution in [3.63, 3.8) is 0 Å². The van der Waals surface area contributed by atoms with E-state index >= 15 is 0 Å². The highest BCUT2D eigenvalue weighted by Crippen LogP contribution is 2.16. The molecular weight excluding hydrogens is 428 g/mol. The lowest BCUT2D eigenvalue weighted by atomic mass is 10.1. The SMILES string of the molecule is CC1CN(C(=O)c2ccc(CNC(=O)c3ccc(OCc4ccccc4)cc3)cc2)CC(C)O1. The molecule has 1 N–H and O–H groups in total. The van der Waals surface area contributed by atoms with Gasteiger partial charge >= 0.3 is 0 Å². The summed E-state index contributed by atoms with van der Waals surface area (Å²) in [6.45, 7) is 6.01. The molecule has 3 aromatic rings. The van der Waals surface area contributed by atoms with Crippen LogP contribution in [0, 0.1) is 0 Å². The van der Waals surface area contributed by atoms with Crippen LogP contribution in [0.2, 0.25) is 0 Å². The van der Waals surface area contributed by atoms with Gasteiger partial charge in [0.05, 0.1) is 12.2 Å². The molecule has 2 atom stereocenters. The molecule has 2 unspecified atom stereocenters. The van der Waals surface area contributed by atoms with E-state index in [9.17, 15) is 9.59 Å². The largest absolute Gasteiger partial charge is 0.489 e. The van der Waals surface area contributed by atoms with E-state index in [4.69, 9.17) is 9.47 Å². The van der Waals surface area contributed by atoms with Gasteiger partial charge in [-0.2, -0.15) is 0 Å². The first-order valence-corrected chi connectivity index (χ1v) is 11.6. The monoisotopic (exact) mass is 458 g/mol. The summed E-state index contributed by atoms with van der Waals surface area (Å²) >= 11 is 0. The van der Waals surface area contributed by atoms with Crippen LogP contribution >= 0.6 is 0 Å². The number of hydrogen-bond acceptors (Lipinski definition) is 4. The highest BCUT2D eigenvalue weighted by atomic mass is 16.5. The average Bonchev–Trinajstić information content (AvgIpc) is 2.86. The van der Waals surface area contributed by atoms with E-state index in [0.29, 0.717) is 43.1 Å². The van der Waals surface area contributed by atoms with Gasteiger partial charge in [0.2, 0.25) is 0 Å². The lowest BCUT2D eigenvalue weighted by Gasteiger charge is -2.35. The van der Waals surface area contributed by atoms with Crippen LogP contribution in [0.1, 0.15) is 45.7 Å². The summed E-state index contributed by atoms with van der Waals surface area (Å²) in [5, 5.41) is 2.92. The third-order valence-electron chi connectivity index (χ3n) is 5.73. The number of carbonyl (C=O) groups is 2. The standard InChI is InChI=1S/C28H30N2O4/c1-20-17-30(18-21(2)34-20)28(32)25-10-8-22(9-11-25)16-29-27(31)24-12-14-26(15-13-24)33-19-23-6-4-3-5-7-23/h3-15,20-21H,16-19H2,1-2H3,(H,29,31). The zero-order valence-electron chi connectivity index (χ0n) is 19.6. The van der Waals surface area contributed by atoms with E-state index in [1.54, 1.807) is 24.3 Å². The molecule has 0 bridgehead atoms. The van der Waals surface area contributed by atoms with Crippen molar-refractivity contribution in [2.45, 2.75) is 39.2 Å². The van der Waals surface area contributed by atoms with Gasteiger partial charge in [0.25, 0.3) is 11.8 Å². The fraction of sp³-hybridized carbons (Fsp3) is 0.286. The Labute approximate surface area is 200 Å². The van der Waals surface area contributed by atoms with Crippen molar-refractivity contribution in [1.29, 1.82) is 0 Å². The molecule has 0 radical (unpaired) electrons. The summed E-state index contributed by atoms with van der Waals surface area (Å²) in [7, 11) is 0. The Morgan fingerprint density at radius 2 is 1.47 bits per heavy atom. The molecule has 0 aliphatic carbocycles. The fourth-order valence-electron chi connectivity index (χ4n) is 4.02. The molecule has 34 heavy (non-hydrogen) atoms. The highest BCUT2D eigenvalue weighted by molar-refractivity contribution is 5.95. The zero-order chi connectivity index (χ0) is 23.9. The summed E-state index contributed by atoms with van der Waals surface area (Å²) < 4.78 is 11.5. The Balaban J connectivity index is 1.27. The minimum atomic E-state index is -0.161. The molecule has 1 heterocycles. The summed E-state index contributed by atoms with van der Waals surface area (Å²) in [5.41, 5.74) is 3.22. The van der Waals surface area contributed by atoms with Crippen molar-refractivity contribution in [1.82, 2.24) is 10.2 Å². The molecule has 1 aliphatic heterocycles. The summed E-state index contributed by atoms with van der Waals surface area (Å²) in [4.78, 5) is 27.2. The lowest BCUT2D eigenvalue weighted by Crippen LogP contribution is -2.48. The number of rotatable bonds is 7. The van der Waals surface area contributed by atoms with E-state index in [2.05, 4.69) is 5.32 Å². The van der Waals surface area contributed by atoms with Crippen LogP contribution in [0.15, 0.2) is 78.9 Å². The van der Waals surface area contributed by atoms with Gasteiger partial charge in [0.15, 0.2) is 0 Å².